The van der Waals surface area contributed by atoms with E-state index in [1.54, 1.807) is 7.11 Å². The van der Waals surface area contributed by atoms with Gasteiger partial charge in [-0.1, -0.05) is 13.3 Å². The molecule has 0 saturated carbocycles. The van der Waals surface area contributed by atoms with Crippen LogP contribution in [0.3, 0.4) is 0 Å². The van der Waals surface area contributed by atoms with Gasteiger partial charge in [0.15, 0.2) is 11.5 Å². The molecule has 31 heavy (non-hydrogen) atoms. The molecule has 1 aliphatic rings. The highest BCUT2D eigenvalue weighted by Crippen LogP contribution is 2.35. The average molecular weight is 428 g/mol. The molecule has 1 N–H and O–H groups in total. The zero-order valence-corrected chi connectivity index (χ0v) is 18.1. The van der Waals surface area contributed by atoms with E-state index in [1.807, 2.05) is 18.2 Å². The summed E-state index contributed by atoms with van der Waals surface area (Å²) in [6.45, 7) is 7.28. The highest BCUT2D eigenvalue weighted by molar-refractivity contribution is 5.86. The fourth-order valence-electron chi connectivity index (χ4n) is 3.58. The minimum Gasteiger partial charge on any atom is -0.493 e. The van der Waals surface area contributed by atoms with E-state index < -0.39 is 0 Å². The fourth-order valence-corrected chi connectivity index (χ4v) is 3.58. The quantitative estimate of drug-likeness (QED) is 0.493. The maximum Gasteiger partial charge on any atom is 0.240 e. The van der Waals surface area contributed by atoms with Crippen LogP contribution in [-0.4, -0.2) is 71.6 Å². The van der Waals surface area contributed by atoms with Crippen LogP contribution in [0.5, 0.6) is 23.3 Å². The molecule has 1 aliphatic heterocycles. The summed E-state index contributed by atoms with van der Waals surface area (Å²) in [5, 5.41) is 7.93. The van der Waals surface area contributed by atoms with Gasteiger partial charge in [-0.15, -0.1) is 5.10 Å². The first-order chi connectivity index (χ1) is 15.3. The minimum atomic E-state index is 0.428. The number of nitrogens with zero attached hydrogens (tertiary/aromatic N) is 4. The van der Waals surface area contributed by atoms with Crippen molar-refractivity contribution in [1.29, 1.82) is 0 Å². The number of morpholine rings is 1. The molecular formula is C22H29N5O4. The van der Waals surface area contributed by atoms with Gasteiger partial charge in [0, 0.05) is 37.5 Å². The second kappa shape index (κ2) is 10.4. The van der Waals surface area contributed by atoms with Crippen LogP contribution in [-0.2, 0) is 11.2 Å². The van der Waals surface area contributed by atoms with Crippen molar-refractivity contribution in [1.82, 2.24) is 25.1 Å². The molecule has 0 radical (unpaired) electrons. The van der Waals surface area contributed by atoms with Crippen molar-refractivity contribution < 1.29 is 18.9 Å². The third kappa shape index (κ3) is 5.42. The zero-order valence-electron chi connectivity index (χ0n) is 18.1. The maximum absolute atomic E-state index is 6.01. The number of fused-ring (bicyclic) bond motifs is 1. The predicted molar refractivity (Wildman–Crippen MR) is 116 cm³/mol. The molecular weight excluding hydrogens is 398 g/mol. The lowest BCUT2D eigenvalue weighted by Crippen LogP contribution is -2.37. The van der Waals surface area contributed by atoms with Gasteiger partial charge in [0.1, 0.15) is 6.33 Å². The van der Waals surface area contributed by atoms with Crippen molar-refractivity contribution in [2.75, 3.05) is 46.6 Å². The first kappa shape index (κ1) is 21.3. The summed E-state index contributed by atoms with van der Waals surface area (Å²) in [5.74, 6) is 2.18. The van der Waals surface area contributed by atoms with E-state index in [-0.39, 0.29) is 0 Å². The van der Waals surface area contributed by atoms with Crippen molar-refractivity contribution in [2.45, 2.75) is 26.2 Å². The van der Waals surface area contributed by atoms with Crippen molar-refractivity contribution in [3.05, 3.63) is 30.2 Å². The first-order valence-electron chi connectivity index (χ1n) is 10.7. The lowest BCUT2D eigenvalue weighted by molar-refractivity contribution is 0.0357. The molecule has 0 unspecified atom stereocenters. The van der Waals surface area contributed by atoms with Crippen LogP contribution in [0.25, 0.3) is 10.9 Å². The molecule has 0 amide bonds. The predicted octanol–water partition coefficient (Wildman–Crippen LogP) is 3.21. The van der Waals surface area contributed by atoms with E-state index in [9.17, 15) is 0 Å². The van der Waals surface area contributed by atoms with Gasteiger partial charge in [0.25, 0.3) is 0 Å². The van der Waals surface area contributed by atoms with Crippen LogP contribution in [0.15, 0.2) is 24.5 Å². The topological polar surface area (TPSA) is 94.6 Å². The van der Waals surface area contributed by atoms with E-state index in [0.29, 0.717) is 29.9 Å². The van der Waals surface area contributed by atoms with E-state index in [1.165, 1.54) is 6.33 Å². The Bertz CT molecular complexity index is 987. The van der Waals surface area contributed by atoms with E-state index in [0.717, 1.165) is 68.7 Å². The maximum atomic E-state index is 6.01. The number of benzene rings is 1. The number of aromatic amines is 1. The molecule has 2 aromatic heterocycles. The van der Waals surface area contributed by atoms with Gasteiger partial charge in [-0.3, -0.25) is 10.00 Å². The summed E-state index contributed by atoms with van der Waals surface area (Å²) < 4.78 is 22.9. The molecule has 9 heteroatoms. The fraction of sp³-hybridized carbons (Fsp3) is 0.500. The van der Waals surface area contributed by atoms with Crippen molar-refractivity contribution in [2.24, 2.45) is 0 Å². The third-order valence-corrected chi connectivity index (χ3v) is 5.19. The first-order valence-corrected chi connectivity index (χ1v) is 10.7. The van der Waals surface area contributed by atoms with Crippen molar-refractivity contribution in [3.8, 4) is 23.3 Å². The number of aromatic nitrogens is 4. The molecule has 1 saturated heterocycles. The van der Waals surface area contributed by atoms with E-state index in [4.69, 9.17) is 18.9 Å². The van der Waals surface area contributed by atoms with Gasteiger partial charge in [-0.2, -0.15) is 0 Å². The summed E-state index contributed by atoms with van der Waals surface area (Å²) in [7, 11) is 1.62. The Morgan fingerprint density at radius 2 is 2.00 bits per heavy atom. The number of rotatable bonds is 10. The molecule has 3 aromatic rings. The Morgan fingerprint density at radius 3 is 2.81 bits per heavy atom. The molecule has 0 atom stereocenters. The number of aryl methyl sites for hydroxylation is 1. The summed E-state index contributed by atoms with van der Waals surface area (Å²) in [6.07, 6.45) is 4.36. The van der Waals surface area contributed by atoms with Crippen molar-refractivity contribution >= 4 is 10.9 Å². The Balaban J connectivity index is 1.45. The molecule has 4 rings (SSSR count). The monoisotopic (exact) mass is 427 g/mol. The van der Waals surface area contributed by atoms with Crippen LogP contribution < -0.4 is 14.2 Å². The summed E-state index contributed by atoms with van der Waals surface area (Å²) in [4.78, 5) is 11.1. The lowest BCUT2D eigenvalue weighted by Gasteiger charge is -2.26. The van der Waals surface area contributed by atoms with Gasteiger partial charge < -0.3 is 18.9 Å². The number of nitrogens with one attached hydrogen (secondary N) is 1. The molecule has 1 aromatic carbocycles. The van der Waals surface area contributed by atoms with Crippen LogP contribution in [0.4, 0.5) is 0 Å². The number of ether oxygens (including phenoxy) is 4. The van der Waals surface area contributed by atoms with Crippen molar-refractivity contribution in [3.63, 3.8) is 0 Å². The van der Waals surface area contributed by atoms with Gasteiger partial charge in [0.05, 0.1) is 37.8 Å². The standard InChI is InChI=1S/C22H29N5O4/c1-3-5-16-12-21(26-25-16)31-22-17-13-19(28-2)20(14-18(17)23-15-24-22)30-9-4-6-27-7-10-29-11-8-27/h12-15H,3-11H2,1-2H3,(H,25,26). The number of hydrogen-bond acceptors (Lipinski definition) is 8. The van der Waals surface area contributed by atoms with Gasteiger partial charge in [0.2, 0.25) is 11.8 Å². The summed E-state index contributed by atoms with van der Waals surface area (Å²) >= 11 is 0. The Morgan fingerprint density at radius 1 is 1.13 bits per heavy atom. The molecule has 166 valence electrons. The van der Waals surface area contributed by atoms with E-state index >= 15 is 0 Å². The minimum absolute atomic E-state index is 0.428. The number of hydrogen-bond donors (Lipinski definition) is 1. The second-order valence-electron chi connectivity index (χ2n) is 7.44. The smallest absolute Gasteiger partial charge is 0.240 e. The van der Waals surface area contributed by atoms with Gasteiger partial charge >= 0.3 is 0 Å². The average Bonchev–Trinajstić information content (AvgIpc) is 3.24. The second-order valence-corrected chi connectivity index (χ2v) is 7.44. The summed E-state index contributed by atoms with van der Waals surface area (Å²) in [6, 6.07) is 5.60. The Labute approximate surface area is 181 Å². The highest BCUT2D eigenvalue weighted by atomic mass is 16.5. The van der Waals surface area contributed by atoms with Crippen LogP contribution in [0.2, 0.25) is 0 Å². The van der Waals surface area contributed by atoms with E-state index in [2.05, 4.69) is 32.0 Å². The molecule has 3 heterocycles. The van der Waals surface area contributed by atoms with Crippen LogP contribution in [0.1, 0.15) is 25.5 Å². The van der Waals surface area contributed by atoms with Gasteiger partial charge in [-0.05, 0) is 18.9 Å². The normalized spacial score (nSPS) is 14.6. The number of methoxy groups -OCH3 is 1. The molecule has 0 bridgehead atoms. The number of H-pyrrole nitrogens is 1. The highest BCUT2D eigenvalue weighted by Gasteiger charge is 2.15. The molecule has 1 fully saturated rings. The van der Waals surface area contributed by atoms with Crippen LogP contribution >= 0.6 is 0 Å². The largest absolute Gasteiger partial charge is 0.493 e. The van der Waals surface area contributed by atoms with Crippen LogP contribution in [0, 0.1) is 0 Å². The third-order valence-electron chi connectivity index (χ3n) is 5.19. The lowest BCUT2D eigenvalue weighted by atomic mass is 10.2. The molecule has 0 spiro atoms. The SMILES string of the molecule is CCCc1cc(Oc2ncnc3cc(OCCCN4CCOCC4)c(OC)cc23)n[nH]1. The molecule has 9 nitrogen and oxygen atoms in total. The zero-order chi connectivity index (χ0) is 21.5. The Hall–Kier alpha value is -2.91. The van der Waals surface area contributed by atoms with Gasteiger partial charge in [-0.25, -0.2) is 9.97 Å². The Kier molecular flexibility index (Phi) is 7.16. The molecule has 0 aliphatic carbocycles. The summed E-state index contributed by atoms with van der Waals surface area (Å²) in [5.41, 5.74) is 1.75.